The smallest absolute Gasteiger partial charge is 0.255 e. The normalized spacial score (nSPS) is 11.8. The predicted molar refractivity (Wildman–Crippen MR) is 120 cm³/mol. The van der Waals surface area contributed by atoms with Gasteiger partial charge in [-0.25, -0.2) is 18.2 Å². The molecule has 0 aliphatic rings. The largest absolute Gasteiger partial charge is 0.272 e. The molecule has 3 aromatic rings. The molecule has 32 heavy (non-hydrogen) atoms. The zero-order chi connectivity index (χ0) is 23.1. The second-order valence-corrected chi connectivity index (χ2v) is 9.21. The van der Waals surface area contributed by atoms with Crippen molar-refractivity contribution < 1.29 is 17.6 Å². The standard InChI is InChI=1S/C22H20ClFN4O3S/c1-16-5-7-18(8-6-16)32(30,31)28(14-19-20(23)3-2-4-21(19)24)15-22(29)27-26-13-17-9-11-25-12-10-17/h2-13H,14-15H2,1H3,(H,27,29)/b26-13-. The first kappa shape index (κ1) is 23.5. The second kappa shape index (κ2) is 10.4. The third kappa shape index (κ3) is 5.97. The van der Waals surface area contributed by atoms with E-state index in [4.69, 9.17) is 11.6 Å². The lowest BCUT2D eigenvalue weighted by atomic mass is 10.2. The van der Waals surface area contributed by atoms with E-state index in [0.717, 1.165) is 9.87 Å². The minimum atomic E-state index is -4.13. The lowest BCUT2D eigenvalue weighted by Crippen LogP contribution is -2.39. The highest BCUT2D eigenvalue weighted by molar-refractivity contribution is 7.89. The van der Waals surface area contributed by atoms with Crippen LogP contribution in [0.2, 0.25) is 5.02 Å². The summed E-state index contributed by atoms with van der Waals surface area (Å²) in [5, 5.41) is 3.89. The van der Waals surface area contributed by atoms with Gasteiger partial charge in [0.1, 0.15) is 5.82 Å². The van der Waals surface area contributed by atoms with Gasteiger partial charge in [0.15, 0.2) is 0 Å². The maximum atomic E-state index is 14.3. The van der Waals surface area contributed by atoms with Crippen molar-refractivity contribution >= 4 is 33.7 Å². The van der Waals surface area contributed by atoms with Gasteiger partial charge in [-0.05, 0) is 48.9 Å². The first-order valence-electron chi connectivity index (χ1n) is 9.49. The van der Waals surface area contributed by atoms with Gasteiger partial charge in [-0.1, -0.05) is 35.4 Å². The molecule has 0 saturated heterocycles. The maximum absolute atomic E-state index is 14.3. The number of pyridine rings is 1. The molecule has 0 spiro atoms. The Bertz CT molecular complexity index is 1200. The van der Waals surface area contributed by atoms with Crippen molar-refractivity contribution in [1.29, 1.82) is 0 Å². The van der Waals surface area contributed by atoms with Crippen molar-refractivity contribution in [1.82, 2.24) is 14.7 Å². The number of aryl methyl sites for hydroxylation is 1. The van der Waals surface area contributed by atoms with Crippen LogP contribution in [0.5, 0.6) is 0 Å². The summed E-state index contributed by atoms with van der Waals surface area (Å²) >= 11 is 6.09. The summed E-state index contributed by atoms with van der Waals surface area (Å²) in [6.07, 6.45) is 4.53. The number of hydrazone groups is 1. The number of carbonyl (C=O) groups is 1. The van der Waals surface area contributed by atoms with Gasteiger partial charge in [0.05, 0.1) is 17.7 Å². The van der Waals surface area contributed by atoms with E-state index < -0.39 is 34.8 Å². The number of benzene rings is 2. The molecule has 0 bridgehead atoms. The Balaban J connectivity index is 1.85. The quantitative estimate of drug-likeness (QED) is 0.399. The molecule has 1 aromatic heterocycles. The Kier molecular flexibility index (Phi) is 7.68. The highest BCUT2D eigenvalue weighted by Gasteiger charge is 2.28. The predicted octanol–water partition coefficient (Wildman–Crippen LogP) is 3.52. The van der Waals surface area contributed by atoms with Gasteiger partial charge >= 0.3 is 0 Å². The highest BCUT2D eigenvalue weighted by atomic mass is 35.5. The number of halogens is 2. The zero-order valence-corrected chi connectivity index (χ0v) is 18.6. The van der Waals surface area contributed by atoms with E-state index in [9.17, 15) is 17.6 Å². The molecule has 3 rings (SSSR count). The molecule has 0 aliphatic carbocycles. The molecule has 0 fully saturated rings. The average molecular weight is 475 g/mol. The maximum Gasteiger partial charge on any atom is 0.255 e. The topological polar surface area (TPSA) is 91.7 Å². The van der Waals surface area contributed by atoms with Crippen LogP contribution in [-0.4, -0.2) is 36.4 Å². The lowest BCUT2D eigenvalue weighted by molar-refractivity contribution is -0.121. The van der Waals surface area contributed by atoms with E-state index in [0.29, 0.717) is 5.56 Å². The van der Waals surface area contributed by atoms with E-state index in [1.54, 1.807) is 36.7 Å². The molecule has 0 aliphatic heterocycles. The van der Waals surface area contributed by atoms with Gasteiger partial charge in [0, 0.05) is 29.5 Å². The van der Waals surface area contributed by atoms with E-state index in [1.807, 2.05) is 6.92 Å². The van der Waals surface area contributed by atoms with Crippen molar-refractivity contribution in [2.75, 3.05) is 6.54 Å². The molecule has 2 aromatic carbocycles. The molecule has 0 saturated carbocycles. The van der Waals surface area contributed by atoms with E-state index in [1.165, 1.54) is 36.5 Å². The fraction of sp³-hybridized carbons (Fsp3) is 0.136. The van der Waals surface area contributed by atoms with Crippen LogP contribution in [0.25, 0.3) is 0 Å². The summed E-state index contributed by atoms with van der Waals surface area (Å²) in [6, 6.07) is 13.6. The van der Waals surface area contributed by atoms with E-state index in [2.05, 4.69) is 15.5 Å². The molecule has 7 nitrogen and oxygen atoms in total. The third-order valence-electron chi connectivity index (χ3n) is 4.48. The minimum Gasteiger partial charge on any atom is -0.272 e. The third-order valence-corrected chi connectivity index (χ3v) is 6.64. The number of aromatic nitrogens is 1. The number of nitrogens with one attached hydrogen (secondary N) is 1. The van der Waals surface area contributed by atoms with Gasteiger partial charge in [0.25, 0.3) is 5.91 Å². The fourth-order valence-corrected chi connectivity index (χ4v) is 4.36. The fourth-order valence-electron chi connectivity index (χ4n) is 2.77. The van der Waals surface area contributed by atoms with Crippen LogP contribution in [0.3, 0.4) is 0 Å². The number of hydrogen-bond donors (Lipinski definition) is 1. The van der Waals surface area contributed by atoms with Crippen LogP contribution in [0.15, 0.2) is 77.0 Å². The monoisotopic (exact) mass is 474 g/mol. The number of carbonyl (C=O) groups excluding carboxylic acids is 1. The first-order chi connectivity index (χ1) is 15.3. The molecule has 1 N–H and O–H groups in total. The second-order valence-electron chi connectivity index (χ2n) is 6.86. The average Bonchev–Trinajstić information content (AvgIpc) is 2.76. The molecule has 10 heteroatoms. The van der Waals surface area contributed by atoms with Crippen LogP contribution in [-0.2, 0) is 21.4 Å². The minimum absolute atomic E-state index is 0.0244. The Morgan fingerprint density at radius 2 is 1.84 bits per heavy atom. The van der Waals surface area contributed by atoms with Crippen molar-refractivity contribution in [3.8, 4) is 0 Å². The summed E-state index contributed by atoms with van der Waals surface area (Å²) in [5.74, 6) is -1.36. The summed E-state index contributed by atoms with van der Waals surface area (Å²) in [7, 11) is -4.13. The number of nitrogens with zero attached hydrogens (tertiary/aromatic N) is 3. The van der Waals surface area contributed by atoms with Gasteiger partial charge in [-0.15, -0.1) is 0 Å². The summed E-state index contributed by atoms with van der Waals surface area (Å²) in [4.78, 5) is 16.3. The van der Waals surface area contributed by atoms with Gasteiger partial charge in [0.2, 0.25) is 10.0 Å². The molecular formula is C22H20ClFN4O3S. The number of hydrogen-bond acceptors (Lipinski definition) is 5. The Labute approximate surface area is 190 Å². The van der Waals surface area contributed by atoms with Gasteiger partial charge < -0.3 is 0 Å². The number of amides is 1. The summed E-state index contributed by atoms with van der Waals surface area (Å²) in [6.45, 7) is 0.805. The van der Waals surface area contributed by atoms with Crippen molar-refractivity contribution in [3.63, 3.8) is 0 Å². The molecule has 0 unspecified atom stereocenters. The molecule has 0 atom stereocenters. The first-order valence-corrected chi connectivity index (χ1v) is 11.3. The van der Waals surface area contributed by atoms with Crippen molar-refractivity contribution in [2.45, 2.75) is 18.4 Å². The van der Waals surface area contributed by atoms with Crippen molar-refractivity contribution in [3.05, 3.63) is 94.5 Å². The van der Waals surface area contributed by atoms with Crippen LogP contribution in [0.4, 0.5) is 4.39 Å². The molecule has 1 heterocycles. The molecule has 0 radical (unpaired) electrons. The van der Waals surface area contributed by atoms with Crippen molar-refractivity contribution in [2.24, 2.45) is 5.10 Å². The van der Waals surface area contributed by atoms with Crippen LogP contribution in [0.1, 0.15) is 16.7 Å². The Morgan fingerprint density at radius 1 is 1.16 bits per heavy atom. The number of sulfonamides is 1. The van der Waals surface area contributed by atoms with Crippen LogP contribution >= 0.6 is 11.6 Å². The lowest BCUT2D eigenvalue weighted by Gasteiger charge is -2.22. The molecule has 1 amide bonds. The summed E-state index contributed by atoms with van der Waals surface area (Å²) < 4.78 is 41.7. The Morgan fingerprint density at radius 3 is 2.50 bits per heavy atom. The SMILES string of the molecule is Cc1ccc(S(=O)(=O)N(CC(=O)N/N=C\c2ccncc2)Cc2c(F)cccc2Cl)cc1. The zero-order valence-electron chi connectivity index (χ0n) is 17.1. The van der Waals surface area contributed by atoms with E-state index >= 15 is 0 Å². The van der Waals surface area contributed by atoms with E-state index in [-0.39, 0.29) is 15.5 Å². The summed E-state index contributed by atoms with van der Waals surface area (Å²) in [5.41, 5.74) is 3.82. The van der Waals surface area contributed by atoms with Crippen LogP contribution in [0, 0.1) is 12.7 Å². The van der Waals surface area contributed by atoms with Crippen LogP contribution < -0.4 is 5.43 Å². The van der Waals surface area contributed by atoms with Gasteiger partial charge in [-0.2, -0.15) is 9.41 Å². The highest BCUT2D eigenvalue weighted by Crippen LogP contribution is 2.24. The molecular weight excluding hydrogens is 455 g/mol. The number of rotatable bonds is 8. The van der Waals surface area contributed by atoms with Gasteiger partial charge in [-0.3, -0.25) is 9.78 Å². The molecule has 166 valence electrons. The Hall–Kier alpha value is -3.14.